The third-order valence-corrected chi connectivity index (χ3v) is 4.85. The minimum absolute atomic E-state index is 0.0804. The molecule has 2 aromatic carbocycles. The molecule has 0 radical (unpaired) electrons. The Kier molecular flexibility index (Phi) is 6.86. The third-order valence-electron chi connectivity index (χ3n) is 3.88. The normalized spacial score (nSPS) is 10.8. The lowest BCUT2D eigenvalue weighted by atomic mass is 10.1. The average Bonchev–Trinajstić information content (AvgIpc) is 3.10. The molecule has 0 spiro atoms. The molecule has 0 aliphatic carbocycles. The molecule has 1 N–H and O–H groups in total. The Bertz CT molecular complexity index is 1010. The van der Waals surface area contributed by atoms with Crippen molar-refractivity contribution in [1.29, 1.82) is 0 Å². The maximum Gasteiger partial charge on any atom is 0.311 e. The molecule has 0 saturated heterocycles. The minimum Gasteiger partial charge on any atom is -0.466 e. The third kappa shape index (κ3) is 5.83. The summed E-state index contributed by atoms with van der Waals surface area (Å²) in [4.78, 5) is 29.4. The van der Waals surface area contributed by atoms with Crippen molar-refractivity contribution in [3.05, 3.63) is 76.9 Å². The number of ether oxygens (including phenoxy) is 1. The van der Waals surface area contributed by atoms with Gasteiger partial charge in [-0.3, -0.25) is 14.9 Å². The van der Waals surface area contributed by atoms with E-state index >= 15 is 0 Å². The molecule has 0 saturated carbocycles. The summed E-state index contributed by atoms with van der Waals surface area (Å²) in [6, 6.07) is 15.2. The van der Waals surface area contributed by atoms with Gasteiger partial charge in [0.05, 0.1) is 18.7 Å². The van der Waals surface area contributed by atoms with E-state index in [-0.39, 0.29) is 24.1 Å². The van der Waals surface area contributed by atoms with Gasteiger partial charge in [0, 0.05) is 16.5 Å². The van der Waals surface area contributed by atoms with E-state index in [1.807, 2.05) is 30.3 Å². The predicted molar refractivity (Wildman–Crippen MR) is 112 cm³/mol. The fourth-order valence-electron chi connectivity index (χ4n) is 2.58. The molecule has 0 unspecified atom stereocenters. The lowest BCUT2D eigenvalue weighted by molar-refractivity contribution is -0.142. The van der Waals surface area contributed by atoms with Crippen molar-refractivity contribution in [3.8, 4) is 11.3 Å². The highest BCUT2D eigenvalue weighted by Gasteiger charge is 2.17. The molecule has 0 fully saturated rings. The Morgan fingerprint density at radius 3 is 2.55 bits per heavy atom. The topological polar surface area (TPSA) is 68.3 Å². The minimum atomic E-state index is -0.370. The number of rotatable bonds is 7. The highest BCUT2D eigenvalue weighted by atomic mass is 32.1. The maximum absolute atomic E-state index is 12.9. The first-order valence-corrected chi connectivity index (χ1v) is 9.82. The second-order valence-electron chi connectivity index (χ2n) is 6.01. The van der Waals surface area contributed by atoms with E-state index in [2.05, 4.69) is 10.3 Å². The van der Waals surface area contributed by atoms with E-state index in [9.17, 15) is 14.0 Å². The van der Waals surface area contributed by atoms with Gasteiger partial charge < -0.3 is 4.74 Å². The summed E-state index contributed by atoms with van der Waals surface area (Å²) >= 11 is 1.23. The number of anilines is 1. The highest BCUT2D eigenvalue weighted by Crippen LogP contribution is 2.31. The summed E-state index contributed by atoms with van der Waals surface area (Å²) in [6.07, 6.45) is 3.01. The molecule has 148 valence electrons. The van der Waals surface area contributed by atoms with Gasteiger partial charge in [-0.25, -0.2) is 9.37 Å². The summed E-state index contributed by atoms with van der Waals surface area (Å²) in [6.45, 7) is 2.05. The van der Waals surface area contributed by atoms with Crippen molar-refractivity contribution >= 4 is 34.4 Å². The number of hydrogen-bond acceptors (Lipinski definition) is 5. The van der Waals surface area contributed by atoms with E-state index in [0.717, 1.165) is 5.56 Å². The van der Waals surface area contributed by atoms with Gasteiger partial charge in [0.2, 0.25) is 5.91 Å². The first-order chi connectivity index (χ1) is 14.0. The standard InChI is InChI=1S/C22H19FN2O3S/c1-2-28-20(27)14-18-21(16-6-4-3-5-7-16)25-22(29-18)24-19(26)13-10-15-8-11-17(23)12-9-15/h3-13H,2,14H2,1H3,(H,24,25,26)/b13-10+. The number of nitrogens with one attached hydrogen (secondary N) is 1. The summed E-state index contributed by atoms with van der Waals surface area (Å²) in [5.41, 5.74) is 2.19. The fourth-order valence-corrected chi connectivity index (χ4v) is 3.55. The lowest BCUT2D eigenvalue weighted by Gasteiger charge is -2.02. The van der Waals surface area contributed by atoms with Crippen LogP contribution in [0.5, 0.6) is 0 Å². The largest absolute Gasteiger partial charge is 0.466 e. The molecule has 0 atom stereocenters. The van der Waals surface area contributed by atoms with Gasteiger partial charge >= 0.3 is 5.97 Å². The summed E-state index contributed by atoms with van der Waals surface area (Å²) in [5, 5.41) is 3.10. The maximum atomic E-state index is 12.9. The van der Waals surface area contributed by atoms with Crippen molar-refractivity contribution in [3.63, 3.8) is 0 Å². The van der Waals surface area contributed by atoms with Gasteiger partial charge in [-0.15, -0.1) is 11.3 Å². The lowest BCUT2D eigenvalue weighted by Crippen LogP contribution is -2.07. The number of halogens is 1. The Morgan fingerprint density at radius 2 is 1.86 bits per heavy atom. The van der Waals surface area contributed by atoms with Crippen LogP contribution in [0, 0.1) is 5.82 Å². The molecule has 7 heteroatoms. The van der Waals surface area contributed by atoms with Crippen molar-refractivity contribution < 1.29 is 18.7 Å². The van der Waals surface area contributed by atoms with Gasteiger partial charge in [-0.05, 0) is 30.7 Å². The van der Waals surface area contributed by atoms with Gasteiger partial charge in [0.1, 0.15) is 5.82 Å². The SMILES string of the molecule is CCOC(=O)Cc1sc(NC(=O)/C=C/c2ccc(F)cc2)nc1-c1ccccc1. The monoisotopic (exact) mass is 410 g/mol. The first-order valence-electron chi connectivity index (χ1n) is 9.00. The number of amides is 1. The first kappa shape index (κ1) is 20.4. The molecule has 5 nitrogen and oxygen atoms in total. The zero-order chi connectivity index (χ0) is 20.6. The molecule has 0 aliphatic rings. The van der Waals surface area contributed by atoms with E-state index in [1.165, 1.54) is 29.5 Å². The zero-order valence-electron chi connectivity index (χ0n) is 15.7. The van der Waals surface area contributed by atoms with Crippen LogP contribution < -0.4 is 5.32 Å². The average molecular weight is 410 g/mol. The summed E-state index contributed by atoms with van der Waals surface area (Å²) in [7, 11) is 0. The second kappa shape index (κ2) is 9.75. The number of carbonyl (C=O) groups is 2. The van der Waals surface area contributed by atoms with E-state index in [1.54, 1.807) is 25.1 Å². The quantitative estimate of drug-likeness (QED) is 0.453. The van der Waals surface area contributed by atoms with Crippen LogP contribution in [0.4, 0.5) is 9.52 Å². The van der Waals surface area contributed by atoms with Gasteiger partial charge in [-0.1, -0.05) is 42.5 Å². The second-order valence-corrected chi connectivity index (χ2v) is 7.10. The predicted octanol–water partition coefficient (Wildman–Crippen LogP) is 4.71. The molecule has 3 rings (SSSR count). The number of aromatic nitrogens is 1. The molecule has 1 aromatic heterocycles. The van der Waals surface area contributed by atoms with Crippen LogP contribution in [0.1, 0.15) is 17.4 Å². The van der Waals surface area contributed by atoms with Crippen LogP contribution in [-0.2, 0) is 20.7 Å². The molecule has 0 bridgehead atoms. The molecular formula is C22H19FN2O3S. The number of esters is 1. The van der Waals surface area contributed by atoms with Crippen molar-refractivity contribution in [2.75, 3.05) is 11.9 Å². The van der Waals surface area contributed by atoms with Gasteiger partial charge in [0.15, 0.2) is 5.13 Å². The van der Waals surface area contributed by atoms with Crippen molar-refractivity contribution in [1.82, 2.24) is 4.98 Å². The molecule has 1 heterocycles. The summed E-state index contributed by atoms with van der Waals surface area (Å²) < 4.78 is 18.0. The number of thiazole rings is 1. The number of carbonyl (C=O) groups excluding carboxylic acids is 2. The van der Waals surface area contributed by atoms with Crippen molar-refractivity contribution in [2.45, 2.75) is 13.3 Å². The van der Waals surface area contributed by atoms with Crippen LogP contribution in [0.25, 0.3) is 17.3 Å². The number of nitrogens with zero attached hydrogens (tertiary/aromatic N) is 1. The Morgan fingerprint density at radius 1 is 1.14 bits per heavy atom. The van der Waals surface area contributed by atoms with Crippen LogP contribution in [0.15, 0.2) is 60.7 Å². The zero-order valence-corrected chi connectivity index (χ0v) is 16.5. The smallest absolute Gasteiger partial charge is 0.311 e. The molecular weight excluding hydrogens is 391 g/mol. The Balaban J connectivity index is 1.78. The van der Waals surface area contributed by atoms with Gasteiger partial charge in [0.25, 0.3) is 0 Å². The molecule has 29 heavy (non-hydrogen) atoms. The Hall–Kier alpha value is -3.32. The van der Waals surface area contributed by atoms with E-state index < -0.39 is 0 Å². The number of hydrogen-bond donors (Lipinski definition) is 1. The van der Waals surface area contributed by atoms with Crippen LogP contribution in [0.3, 0.4) is 0 Å². The fraction of sp³-hybridized carbons (Fsp3) is 0.136. The molecule has 3 aromatic rings. The molecule has 0 aliphatic heterocycles. The number of benzene rings is 2. The summed E-state index contributed by atoms with van der Waals surface area (Å²) in [5.74, 6) is -1.05. The van der Waals surface area contributed by atoms with Crippen LogP contribution >= 0.6 is 11.3 Å². The molecule has 1 amide bonds. The van der Waals surface area contributed by atoms with E-state index in [4.69, 9.17) is 4.74 Å². The van der Waals surface area contributed by atoms with Crippen LogP contribution in [-0.4, -0.2) is 23.5 Å². The van der Waals surface area contributed by atoms with Crippen molar-refractivity contribution in [2.24, 2.45) is 0 Å². The Labute approximate surface area is 171 Å². The van der Waals surface area contributed by atoms with Crippen LogP contribution in [0.2, 0.25) is 0 Å². The van der Waals surface area contributed by atoms with E-state index in [0.29, 0.717) is 27.9 Å². The van der Waals surface area contributed by atoms with Gasteiger partial charge in [-0.2, -0.15) is 0 Å². The highest BCUT2D eigenvalue weighted by molar-refractivity contribution is 7.16.